The van der Waals surface area contributed by atoms with Crippen LogP contribution < -0.4 is 0 Å². The van der Waals surface area contributed by atoms with Crippen LogP contribution in [-0.2, 0) is 52.3 Å². The lowest BCUT2D eigenvalue weighted by molar-refractivity contribution is -0.354. The summed E-state index contributed by atoms with van der Waals surface area (Å²) in [6.07, 6.45) is -14.7. The first-order chi connectivity index (χ1) is 15.8. The molecule has 2 fully saturated rings. The molecule has 0 unspecified atom stereocenters. The van der Waals surface area contributed by atoms with Gasteiger partial charge in [-0.05, 0) is 6.92 Å². The monoisotopic (exact) mass is 494 g/mol. The second-order valence-corrected chi connectivity index (χ2v) is 7.88. The summed E-state index contributed by atoms with van der Waals surface area (Å²) >= 11 is 0. The third-order valence-corrected chi connectivity index (χ3v) is 5.04. The van der Waals surface area contributed by atoms with E-state index in [1.54, 1.807) is 0 Å². The van der Waals surface area contributed by atoms with Crippen molar-refractivity contribution in [1.82, 2.24) is 0 Å². The van der Waals surface area contributed by atoms with Crippen molar-refractivity contribution in [3.8, 4) is 0 Å². The van der Waals surface area contributed by atoms with E-state index in [4.69, 9.17) is 33.2 Å². The number of esters is 4. The van der Waals surface area contributed by atoms with E-state index in [0.29, 0.717) is 0 Å². The molecule has 2 rings (SSSR count). The van der Waals surface area contributed by atoms with E-state index < -0.39 is 91.9 Å². The van der Waals surface area contributed by atoms with Crippen LogP contribution in [0.5, 0.6) is 0 Å². The van der Waals surface area contributed by atoms with Crippen molar-refractivity contribution < 1.29 is 67.7 Å². The number of hydrogen-bond donors (Lipinski definition) is 3. The van der Waals surface area contributed by atoms with Gasteiger partial charge in [0.2, 0.25) is 0 Å². The number of ether oxygens (including phenoxy) is 7. The van der Waals surface area contributed by atoms with Crippen molar-refractivity contribution >= 4 is 23.9 Å². The van der Waals surface area contributed by atoms with Crippen LogP contribution in [0, 0.1) is 0 Å². The van der Waals surface area contributed by atoms with Gasteiger partial charge in [0.1, 0.15) is 31.0 Å². The molecule has 14 heteroatoms. The Kier molecular flexibility index (Phi) is 9.73. The zero-order chi connectivity index (χ0) is 25.7. The zero-order valence-electron chi connectivity index (χ0n) is 19.3. The Morgan fingerprint density at radius 2 is 1.24 bits per heavy atom. The molecule has 2 aliphatic heterocycles. The molecular formula is C20H30O14. The average Bonchev–Trinajstić information content (AvgIpc) is 2.71. The lowest BCUT2D eigenvalue weighted by atomic mass is 9.96. The third kappa shape index (κ3) is 7.07. The van der Waals surface area contributed by atoms with Gasteiger partial charge in [0.05, 0.1) is 6.10 Å². The Balaban J connectivity index is 2.45. The number of aliphatic hydroxyl groups excluding tert-OH is 3. The van der Waals surface area contributed by atoms with Gasteiger partial charge in [-0.2, -0.15) is 0 Å². The van der Waals surface area contributed by atoms with Gasteiger partial charge in [0.25, 0.3) is 0 Å². The van der Waals surface area contributed by atoms with Gasteiger partial charge >= 0.3 is 23.9 Å². The lowest BCUT2D eigenvalue weighted by Gasteiger charge is -2.47. The molecule has 34 heavy (non-hydrogen) atoms. The number of rotatable bonds is 7. The molecule has 0 aliphatic carbocycles. The molecule has 2 saturated heterocycles. The van der Waals surface area contributed by atoms with Crippen molar-refractivity contribution in [2.45, 2.75) is 96.0 Å². The summed E-state index contributed by atoms with van der Waals surface area (Å²) in [5.74, 6) is -3.17. The molecule has 0 spiro atoms. The molecule has 2 heterocycles. The van der Waals surface area contributed by atoms with Crippen LogP contribution in [0.2, 0.25) is 0 Å². The highest BCUT2D eigenvalue weighted by atomic mass is 16.7. The van der Waals surface area contributed by atoms with Crippen LogP contribution in [-0.4, -0.2) is 107 Å². The minimum Gasteiger partial charge on any atom is -0.463 e. The standard InChI is InChI=1S/C20H30O14/c1-7-13(25)16(14(26)19(27)29-7)34-20-18(32-11(5)24)17(31-10(4)23)15(30-9(3)22)12(33-20)6-28-8(2)21/h7,12-20,25-27H,6H2,1-5H3/t7-,12+,13+,14-,15-,16+,17-,18+,19+,20-/m0/s1. The maximum absolute atomic E-state index is 11.8. The van der Waals surface area contributed by atoms with Gasteiger partial charge in [-0.3, -0.25) is 19.2 Å². The molecular weight excluding hydrogens is 464 g/mol. The highest BCUT2D eigenvalue weighted by molar-refractivity contribution is 5.68. The van der Waals surface area contributed by atoms with Crippen molar-refractivity contribution in [3.63, 3.8) is 0 Å². The van der Waals surface area contributed by atoms with E-state index in [0.717, 1.165) is 27.7 Å². The molecule has 2 aliphatic rings. The van der Waals surface area contributed by atoms with Crippen molar-refractivity contribution in [2.24, 2.45) is 0 Å². The Hall–Kier alpha value is -2.36. The van der Waals surface area contributed by atoms with E-state index in [1.807, 2.05) is 0 Å². The van der Waals surface area contributed by atoms with Gasteiger partial charge in [-0.25, -0.2) is 0 Å². The SMILES string of the molecule is CC(=O)OC[C@H]1O[C@@H](O[C@@H]2[C@H](O)[C@H](C)O[C@@H](O)[C@H]2O)[C@H](OC(C)=O)[C@@H](OC(C)=O)[C@H]1OC(C)=O. The second kappa shape index (κ2) is 11.9. The van der Waals surface area contributed by atoms with Gasteiger partial charge in [-0.1, -0.05) is 0 Å². The molecule has 10 atom stereocenters. The van der Waals surface area contributed by atoms with E-state index in [9.17, 15) is 34.5 Å². The summed E-state index contributed by atoms with van der Waals surface area (Å²) < 4.78 is 37.2. The van der Waals surface area contributed by atoms with E-state index in [-0.39, 0.29) is 0 Å². The van der Waals surface area contributed by atoms with Crippen molar-refractivity contribution in [2.75, 3.05) is 6.61 Å². The maximum atomic E-state index is 11.8. The third-order valence-electron chi connectivity index (χ3n) is 5.04. The minimum absolute atomic E-state index is 0.477. The van der Waals surface area contributed by atoms with Gasteiger partial charge in [-0.15, -0.1) is 0 Å². The van der Waals surface area contributed by atoms with Crippen LogP contribution >= 0.6 is 0 Å². The zero-order valence-corrected chi connectivity index (χ0v) is 19.3. The normalized spacial score (nSPS) is 37.9. The summed E-state index contributed by atoms with van der Waals surface area (Å²) in [6.45, 7) is 5.26. The number of aliphatic hydroxyl groups is 3. The lowest BCUT2D eigenvalue weighted by Crippen LogP contribution is -2.65. The number of carbonyl (C=O) groups is 4. The quantitative estimate of drug-likeness (QED) is 0.258. The maximum Gasteiger partial charge on any atom is 0.303 e. The molecule has 0 radical (unpaired) electrons. The first-order valence-electron chi connectivity index (χ1n) is 10.5. The van der Waals surface area contributed by atoms with Crippen LogP contribution in [0.3, 0.4) is 0 Å². The fraction of sp³-hybridized carbons (Fsp3) is 0.800. The highest BCUT2D eigenvalue weighted by Gasteiger charge is 2.55. The van der Waals surface area contributed by atoms with Crippen LogP contribution in [0.4, 0.5) is 0 Å². The molecule has 0 aromatic carbocycles. The summed E-state index contributed by atoms with van der Waals surface area (Å²) in [4.78, 5) is 46.8. The Labute approximate surface area is 194 Å². The van der Waals surface area contributed by atoms with E-state index >= 15 is 0 Å². The first-order valence-corrected chi connectivity index (χ1v) is 10.5. The fourth-order valence-corrected chi connectivity index (χ4v) is 3.63. The molecule has 14 nitrogen and oxygen atoms in total. The predicted molar refractivity (Wildman–Crippen MR) is 105 cm³/mol. The fourth-order valence-electron chi connectivity index (χ4n) is 3.63. The molecule has 0 saturated carbocycles. The van der Waals surface area contributed by atoms with Gasteiger partial charge in [0, 0.05) is 27.7 Å². The molecule has 0 amide bonds. The molecule has 0 aromatic rings. The minimum atomic E-state index is -1.74. The first kappa shape index (κ1) is 27.9. The number of carbonyl (C=O) groups excluding carboxylic acids is 4. The van der Waals surface area contributed by atoms with E-state index in [2.05, 4.69) is 0 Å². The predicted octanol–water partition coefficient (Wildman–Crippen LogP) is -2.09. The van der Waals surface area contributed by atoms with Crippen molar-refractivity contribution in [1.29, 1.82) is 0 Å². The van der Waals surface area contributed by atoms with Crippen molar-refractivity contribution in [3.05, 3.63) is 0 Å². The molecule has 0 bridgehead atoms. The summed E-state index contributed by atoms with van der Waals surface area (Å²) in [5.41, 5.74) is 0. The highest BCUT2D eigenvalue weighted by Crippen LogP contribution is 2.33. The summed E-state index contributed by atoms with van der Waals surface area (Å²) in [7, 11) is 0. The topological polar surface area (TPSA) is 194 Å². The van der Waals surface area contributed by atoms with Gasteiger partial charge in [0.15, 0.2) is 30.9 Å². The van der Waals surface area contributed by atoms with Crippen LogP contribution in [0.15, 0.2) is 0 Å². The number of hydrogen-bond acceptors (Lipinski definition) is 14. The van der Waals surface area contributed by atoms with Gasteiger partial charge < -0.3 is 48.5 Å². The smallest absolute Gasteiger partial charge is 0.303 e. The Morgan fingerprint density at radius 1 is 0.706 bits per heavy atom. The Morgan fingerprint density at radius 3 is 1.76 bits per heavy atom. The van der Waals surface area contributed by atoms with E-state index in [1.165, 1.54) is 6.92 Å². The van der Waals surface area contributed by atoms with Crippen LogP contribution in [0.25, 0.3) is 0 Å². The molecule has 0 aromatic heterocycles. The summed E-state index contributed by atoms with van der Waals surface area (Å²) in [5, 5.41) is 30.7. The Bertz CT molecular complexity index is 742. The van der Waals surface area contributed by atoms with Crippen LogP contribution in [0.1, 0.15) is 34.6 Å². The largest absolute Gasteiger partial charge is 0.463 e. The average molecular weight is 494 g/mol. The molecule has 194 valence electrons. The summed E-state index contributed by atoms with van der Waals surface area (Å²) in [6, 6.07) is 0. The molecule has 3 N–H and O–H groups in total. The second-order valence-electron chi connectivity index (χ2n) is 7.88.